The summed E-state index contributed by atoms with van der Waals surface area (Å²) in [6.45, 7) is 3.82. The van der Waals surface area contributed by atoms with Gasteiger partial charge in [0.2, 0.25) is 0 Å². The number of hydrazine groups is 1. The van der Waals surface area contributed by atoms with Gasteiger partial charge in [-0.05, 0) is 38.1 Å². The number of aromatic hydroxyl groups is 2. The summed E-state index contributed by atoms with van der Waals surface area (Å²) in [5.41, 5.74) is 8.81. The van der Waals surface area contributed by atoms with E-state index in [0.717, 1.165) is 20.8 Å². The molecule has 24 heavy (non-hydrogen) atoms. The third-order valence-corrected chi connectivity index (χ3v) is 5.87. The van der Waals surface area contributed by atoms with E-state index in [9.17, 15) is 10.2 Å². The Bertz CT molecular complexity index is 875. The molecule has 3 atom stereocenters. The molecule has 4 N–H and O–H groups in total. The number of fused-ring (bicyclic) bond motifs is 1. The Morgan fingerprint density at radius 2 is 1.88 bits per heavy atom. The van der Waals surface area contributed by atoms with Crippen molar-refractivity contribution in [3.8, 4) is 11.5 Å². The van der Waals surface area contributed by atoms with Crippen LogP contribution in [0.1, 0.15) is 35.0 Å². The number of hydrogen-bond acceptors (Lipinski definition) is 6. The molecule has 0 radical (unpaired) electrons. The zero-order chi connectivity index (χ0) is 16.8. The molecule has 1 aromatic heterocycles. The topological polar surface area (TPSA) is 77.4 Å². The SMILES string of the molecule is Cc1c(O)ccc(C2NNC(C)C2c2nc3ccccc3s2)c1O. The monoisotopic (exact) mass is 341 g/mol. The second-order valence-corrected chi connectivity index (χ2v) is 7.31. The fourth-order valence-corrected chi connectivity index (χ4v) is 4.52. The summed E-state index contributed by atoms with van der Waals surface area (Å²) >= 11 is 1.69. The number of aromatic nitrogens is 1. The lowest BCUT2D eigenvalue weighted by atomic mass is 9.89. The summed E-state index contributed by atoms with van der Waals surface area (Å²) in [5, 5.41) is 21.3. The molecule has 1 aliphatic rings. The third-order valence-electron chi connectivity index (χ3n) is 4.73. The fraction of sp³-hybridized carbons (Fsp3) is 0.278. The molecule has 4 rings (SSSR count). The first-order valence-corrected chi connectivity index (χ1v) is 8.76. The molecule has 0 spiro atoms. The van der Waals surface area contributed by atoms with Crippen LogP contribution in [0.2, 0.25) is 0 Å². The predicted octanol–water partition coefficient (Wildman–Crippen LogP) is 3.34. The van der Waals surface area contributed by atoms with Crippen LogP contribution >= 0.6 is 11.3 Å². The number of benzene rings is 2. The molecule has 2 aromatic carbocycles. The van der Waals surface area contributed by atoms with Gasteiger partial charge in [-0.1, -0.05) is 12.1 Å². The van der Waals surface area contributed by atoms with Gasteiger partial charge in [0, 0.05) is 23.1 Å². The number of nitrogens with one attached hydrogen (secondary N) is 2. The predicted molar refractivity (Wildman–Crippen MR) is 95.3 cm³/mol. The highest BCUT2D eigenvalue weighted by atomic mass is 32.1. The number of thiazole rings is 1. The number of phenolic OH excluding ortho intramolecular Hbond substituents is 2. The van der Waals surface area contributed by atoms with Gasteiger partial charge in [0.1, 0.15) is 16.5 Å². The van der Waals surface area contributed by atoms with Crippen molar-refractivity contribution in [2.75, 3.05) is 0 Å². The zero-order valence-corrected chi connectivity index (χ0v) is 14.3. The van der Waals surface area contributed by atoms with Gasteiger partial charge in [0.15, 0.2) is 0 Å². The Kier molecular flexibility index (Phi) is 3.68. The minimum atomic E-state index is -0.111. The molecule has 1 saturated heterocycles. The van der Waals surface area contributed by atoms with Gasteiger partial charge in [-0.3, -0.25) is 5.43 Å². The largest absolute Gasteiger partial charge is 0.508 e. The lowest BCUT2D eigenvalue weighted by Crippen LogP contribution is -2.29. The van der Waals surface area contributed by atoms with Crippen molar-refractivity contribution in [2.24, 2.45) is 0 Å². The van der Waals surface area contributed by atoms with E-state index in [0.29, 0.717) is 5.56 Å². The van der Waals surface area contributed by atoms with Crippen molar-refractivity contribution in [2.45, 2.75) is 31.8 Å². The highest BCUT2D eigenvalue weighted by Crippen LogP contribution is 2.44. The summed E-state index contributed by atoms with van der Waals surface area (Å²) < 4.78 is 1.16. The second-order valence-electron chi connectivity index (χ2n) is 6.25. The van der Waals surface area contributed by atoms with E-state index in [4.69, 9.17) is 4.98 Å². The molecule has 0 aliphatic carbocycles. The van der Waals surface area contributed by atoms with Crippen molar-refractivity contribution >= 4 is 21.6 Å². The maximum absolute atomic E-state index is 10.5. The first-order chi connectivity index (χ1) is 11.6. The van der Waals surface area contributed by atoms with Gasteiger partial charge in [-0.25, -0.2) is 10.4 Å². The molecule has 1 aliphatic heterocycles. The number of phenols is 2. The van der Waals surface area contributed by atoms with E-state index < -0.39 is 0 Å². The van der Waals surface area contributed by atoms with Crippen molar-refractivity contribution < 1.29 is 10.2 Å². The van der Waals surface area contributed by atoms with E-state index in [1.54, 1.807) is 30.4 Å². The molecular weight excluding hydrogens is 322 g/mol. The van der Waals surface area contributed by atoms with Gasteiger partial charge < -0.3 is 10.2 Å². The standard InChI is InChI=1S/C18H19N3O2S/c1-9-13(22)8-7-11(17(9)23)16-15(10(2)20-21-16)18-19-12-5-3-4-6-14(12)24-18/h3-8,10,15-16,20-23H,1-2H3. The lowest BCUT2D eigenvalue weighted by Gasteiger charge is -2.21. The average Bonchev–Trinajstić information content (AvgIpc) is 3.15. The molecular formula is C18H19N3O2S. The van der Waals surface area contributed by atoms with Gasteiger partial charge >= 0.3 is 0 Å². The Balaban J connectivity index is 1.79. The minimum absolute atomic E-state index is 0.0947. The number of nitrogens with zero attached hydrogens (tertiary/aromatic N) is 1. The van der Waals surface area contributed by atoms with Crippen LogP contribution < -0.4 is 10.9 Å². The van der Waals surface area contributed by atoms with Crippen molar-refractivity contribution in [3.63, 3.8) is 0 Å². The smallest absolute Gasteiger partial charge is 0.127 e. The number of para-hydroxylation sites is 1. The van der Waals surface area contributed by atoms with E-state index in [1.165, 1.54) is 0 Å². The van der Waals surface area contributed by atoms with Gasteiger partial charge in [0.05, 0.1) is 16.3 Å². The van der Waals surface area contributed by atoms with Crippen LogP contribution in [0.3, 0.4) is 0 Å². The lowest BCUT2D eigenvalue weighted by molar-refractivity contribution is 0.426. The van der Waals surface area contributed by atoms with Crippen LogP contribution in [0.4, 0.5) is 0 Å². The molecule has 2 heterocycles. The molecule has 3 aromatic rings. The van der Waals surface area contributed by atoms with E-state index in [-0.39, 0.29) is 29.5 Å². The molecule has 6 heteroatoms. The Labute approximate surface area is 144 Å². The number of rotatable bonds is 2. The summed E-state index contributed by atoms with van der Waals surface area (Å²) in [7, 11) is 0. The number of hydrogen-bond donors (Lipinski definition) is 4. The zero-order valence-electron chi connectivity index (χ0n) is 13.4. The molecule has 0 saturated carbocycles. The van der Waals surface area contributed by atoms with Crippen LogP contribution in [0.25, 0.3) is 10.2 Å². The second kappa shape index (κ2) is 5.73. The summed E-state index contributed by atoms with van der Waals surface area (Å²) in [4.78, 5) is 4.80. The van der Waals surface area contributed by atoms with Crippen LogP contribution in [0.5, 0.6) is 11.5 Å². The summed E-state index contributed by atoms with van der Waals surface area (Å²) in [6.07, 6.45) is 0. The van der Waals surface area contributed by atoms with Gasteiger partial charge in [-0.2, -0.15) is 0 Å². The van der Waals surface area contributed by atoms with Crippen LogP contribution in [-0.2, 0) is 0 Å². The summed E-state index contributed by atoms with van der Waals surface area (Å²) in [5.74, 6) is 0.332. The van der Waals surface area contributed by atoms with Gasteiger partial charge in [0.25, 0.3) is 0 Å². The molecule has 0 bridgehead atoms. The maximum atomic E-state index is 10.5. The normalized spacial score (nSPS) is 23.8. The van der Waals surface area contributed by atoms with Crippen molar-refractivity contribution in [1.82, 2.24) is 15.8 Å². The molecule has 5 nitrogen and oxygen atoms in total. The van der Waals surface area contributed by atoms with Crippen molar-refractivity contribution in [3.05, 3.63) is 52.5 Å². The Morgan fingerprint density at radius 1 is 1.08 bits per heavy atom. The third kappa shape index (κ3) is 2.34. The van der Waals surface area contributed by atoms with Crippen LogP contribution in [0, 0.1) is 6.92 Å². The summed E-state index contributed by atoms with van der Waals surface area (Å²) in [6, 6.07) is 11.6. The van der Waals surface area contributed by atoms with Gasteiger partial charge in [-0.15, -0.1) is 11.3 Å². The first-order valence-electron chi connectivity index (χ1n) is 7.94. The first kappa shape index (κ1) is 15.4. The minimum Gasteiger partial charge on any atom is -0.508 e. The van der Waals surface area contributed by atoms with Crippen LogP contribution in [0.15, 0.2) is 36.4 Å². The Hall–Kier alpha value is -2.15. The molecule has 3 unspecified atom stereocenters. The Morgan fingerprint density at radius 3 is 2.67 bits per heavy atom. The average molecular weight is 341 g/mol. The molecule has 0 amide bonds. The quantitative estimate of drug-likeness (QED) is 0.575. The van der Waals surface area contributed by atoms with E-state index >= 15 is 0 Å². The maximum Gasteiger partial charge on any atom is 0.127 e. The van der Waals surface area contributed by atoms with Crippen LogP contribution in [-0.4, -0.2) is 21.2 Å². The van der Waals surface area contributed by atoms with E-state index in [1.807, 2.05) is 18.2 Å². The van der Waals surface area contributed by atoms with E-state index in [2.05, 4.69) is 23.8 Å². The highest BCUT2D eigenvalue weighted by Gasteiger charge is 2.39. The highest BCUT2D eigenvalue weighted by molar-refractivity contribution is 7.18. The van der Waals surface area contributed by atoms with Crippen molar-refractivity contribution in [1.29, 1.82) is 0 Å². The fourth-order valence-electron chi connectivity index (χ4n) is 3.31. The molecule has 124 valence electrons. The molecule has 1 fully saturated rings.